The Balaban J connectivity index is -0.000000411. The van der Waals surface area contributed by atoms with E-state index in [1.807, 2.05) is 0 Å². The summed E-state index contributed by atoms with van der Waals surface area (Å²) in [7, 11) is 0. The van der Waals surface area contributed by atoms with Gasteiger partial charge >= 0.3 is 0 Å². The van der Waals surface area contributed by atoms with E-state index in [0.717, 1.165) is 0 Å². The van der Waals surface area contributed by atoms with Crippen LogP contribution in [0, 0.1) is 0 Å². The molecular weight excluding hydrogens is 423 g/mol. The summed E-state index contributed by atoms with van der Waals surface area (Å²) in [4.78, 5) is 20.0. The minimum absolute atomic E-state index is 0. The van der Waals surface area contributed by atoms with E-state index in [9.17, 15) is 19.8 Å². The van der Waals surface area contributed by atoms with Gasteiger partial charge in [-0.25, -0.2) is 0 Å². The van der Waals surface area contributed by atoms with E-state index in [0.29, 0.717) is 0 Å². The van der Waals surface area contributed by atoms with Gasteiger partial charge in [0.2, 0.25) is 0 Å². The van der Waals surface area contributed by atoms with Gasteiger partial charge in [-0.15, -0.1) is 0 Å². The first-order valence-corrected chi connectivity index (χ1v) is 6.91. The third kappa shape index (κ3) is 10.8. The minimum atomic E-state index is -2.31. The van der Waals surface area contributed by atoms with Crippen LogP contribution in [0.4, 0.5) is 0 Å². The van der Waals surface area contributed by atoms with E-state index < -0.39 is 74.0 Å². The number of rotatable bonds is 10. The van der Waals surface area contributed by atoms with E-state index >= 15 is 0 Å². The van der Waals surface area contributed by atoms with Crippen molar-refractivity contribution < 1.29 is 87.9 Å². The first-order chi connectivity index (χ1) is 11.8. The molecule has 10 N–H and O–H groups in total. The fraction of sp³-hybridized carbons (Fsp3) is 0.833. The maximum absolute atomic E-state index is 9.98. The van der Waals surface area contributed by atoms with Crippen molar-refractivity contribution in [2.45, 2.75) is 48.8 Å². The number of hydrogen-bond acceptors (Lipinski definition) is 14. The predicted molar refractivity (Wildman–Crippen MR) is 72.2 cm³/mol. The molecule has 0 aliphatic carbocycles. The van der Waals surface area contributed by atoms with Crippen molar-refractivity contribution in [3.05, 3.63) is 0 Å². The second-order valence-electron chi connectivity index (χ2n) is 4.99. The summed E-state index contributed by atoms with van der Waals surface area (Å²) in [5.74, 6) is -3.95. The molecule has 0 bridgehead atoms. The van der Waals surface area contributed by atoms with Gasteiger partial charge in [0.25, 0.3) is 0 Å². The second kappa shape index (κ2) is 15.0. The minimum Gasteiger partial charge on any atom is -0.547 e. The van der Waals surface area contributed by atoms with Gasteiger partial charge in [-0.3, -0.25) is 0 Å². The first kappa shape index (κ1) is 30.8. The van der Waals surface area contributed by atoms with Gasteiger partial charge in [0, 0.05) is 17.1 Å². The van der Waals surface area contributed by atoms with Gasteiger partial charge in [-0.05, 0) is 0 Å². The van der Waals surface area contributed by atoms with Crippen LogP contribution in [0.1, 0.15) is 0 Å². The molecule has 27 heavy (non-hydrogen) atoms. The fourth-order valence-corrected chi connectivity index (χ4v) is 1.32. The van der Waals surface area contributed by atoms with Gasteiger partial charge in [0.05, 0.1) is 25.2 Å². The summed E-state index contributed by atoms with van der Waals surface area (Å²) < 4.78 is 0. The molecule has 0 aromatic carbocycles. The van der Waals surface area contributed by atoms with Crippen molar-refractivity contribution in [3.63, 3.8) is 0 Å². The van der Waals surface area contributed by atoms with Crippen molar-refractivity contribution in [3.8, 4) is 0 Å². The summed E-state index contributed by atoms with van der Waals surface area (Å²) in [6, 6.07) is 0. The molecule has 0 heterocycles. The molecule has 0 saturated carbocycles. The van der Waals surface area contributed by atoms with Gasteiger partial charge in [0.15, 0.2) is 0 Å². The van der Waals surface area contributed by atoms with Crippen molar-refractivity contribution in [1.82, 2.24) is 0 Å². The average Bonchev–Trinajstić information content (AvgIpc) is 2.62. The summed E-state index contributed by atoms with van der Waals surface area (Å²) in [5, 5.41) is 107. The first-order valence-electron chi connectivity index (χ1n) is 6.91. The van der Waals surface area contributed by atoms with Crippen LogP contribution in [-0.4, -0.2) is 125 Å². The number of carboxylic acids is 2. The van der Waals surface area contributed by atoms with E-state index in [1.54, 1.807) is 0 Å². The Hall–Kier alpha value is -0.941. The molecule has 0 amide bonds. The van der Waals surface area contributed by atoms with Crippen molar-refractivity contribution in [1.29, 1.82) is 0 Å². The Morgan fingerprint density at radius 3 is 0.963 bits per heavy atom. The van der Waals surface area contributed by atoms with Crippen LogP contribution in [0.3, 0.4) is 0 Å². The largest absolute Gasteiger partial charge is 0.547 e. The fourth-order valence-electron chi connectivity index (χ4n) is 1.32. The summed E-state index contributed by atoms with van der Waals surface area (Å²) in [6.45, 7) is -1.73. The molecule has 0 spiro atoms. The Morgan fingerprint density at radius 2 is 0.815 bits per heavy atom. The van der Waals surface area contributed by atoms with E-state index in [4.69, 9.17) is 51.1 Å². The standard InChI is InChI=1S/2C6H12O7.Mn/c2*7-1-2(8)3(9)4(10)5(11)6(12)13;/h2*2-5,7-11H,1H2,(H,12,13);/p-2. The zero-order valence-electron chi connectivity index (χ0n) is 13.5. The molecule has 0 aliphatic heterocycles. The van der Waals surface area contributed by atoms with Crippen LogP contribution in [-0.2, 0) is 26.7 Å². The predicted octanol–water partition coefficient (Wildman–Crippen LogP) is -9.66. The number of aliphatic carboxylic acids is 2. The molecule has 0 aliphatic rings. The molecule has 0 fully saturated rings. The third-order valence-electron chi connectivity index (χ3n) is 2.99. The molecule has 8 unspecified atom stereocenters. The van der Waals surface area contributed by atoms with Crippen molar-refractivity contribution >= 4 is 11.9 Å². The molecule has 15 heteroatoms. The quantitative estimate of drug-likeness (QED) is 0.140. The van der Waals surface area contributed by atoms with Crippen molar-refractivity contribution in [2.24, 2.45) is 0 Å². The van der Waals surface area contributed by atoms with Crippen molar-refractivity contribution in [2.75, 3.05) is 13.2 Å². The summed E-state index contributed by atoms with van der Waals surface area (Å²) >= 11 is 0. The molecule has 8 atom stereocenters. The molecule has 1 radical (unpaired) electrons. The van der Waals surface area contributed by atoms with Gasteiger partial charge in [0.1, 0.15) is 48.8 Å². The Bertz CT molecular complexity index is 385. The SMILES string of the molecule is O=C([O-])C(O)C(O)C(O)C(O)CO.O=C([O-])C(O)C(O)C(O)C(O)CO.[Mn]. The molecule has 0 aromatic rings. The van der Waals surface area contributed by atoms with Gasteiger partial charge < -0.3 is 70.9 Å². The topological polar surface area (TPSA) is 283 Å². The number of carboxylic acid groups (broad SMARTS) is 2. The molecule has 0 rings (SSSR count). The number of carbonyl (C=O) groups excluding carboxylic acids is 2. The monoisotopic (exact) mass is 445 g/mol. The normalized spacial score (nSPS) is 19.6. The maximum Gasteiger partial charge on any atom is 0.122 e. The zero-order valence-corrected chi connectivity index (χ0v) is 14.7. The summed E-state index contributed by atoms with van der Waals surface area (Å²) in [6.07, 6.45) is -16.2. The number of carbonyl (C=O) groups is 2. The summed E-state index contributed by atoms with van der Waals surface area (Å²) in [5.41, 5.74) is 0. The van der Waals surface area contributed by atoms with Crippen LogP contribution >= 0.6 is 0 Å². The number of hydrogen-bond donors (Lipinski definition) is 10. The molecule has 0 aromatic heterocycles. The van der Waals surface area contributed by atoms with Crippen LogP contribution in [0.15, 0.2) is 0 Å². The number of aliphatic hydroxyl groups excluding tert-OH is 10. The Labute approximate surface area is 162 Å². The van der Waals surface area contributed by atoms with E-state index in [1.165, 1.54) is 0 Å². The van der Waals surface area contributed by atoms with Gasteiger partial charge in [-0.2, -0.15) is 0 Å². The third-order valence-corrected chi connectivity index (χ3v) is 2.99. The van der Waals surface area contributed by atoms with E-state index in [-0.39, 0.29) is 17.1 Å². The molecular formula is C12H22MnO14-2. The number of aliphatic hydroxyl groups is 10. The molecule has 0 saturated heterocycles. The second-order valence-corrected chi connectivity index (χ2v) is 4.99. The maximum atomic E-state index is 9.98. The Morgan fingerprint density at radius 1 is 0.593 bits per heavy atom. The average molecular weight is 445 g/mol. The molecule has 14 nitrogen and oxygen atoms in total. The smallest absolute Gasteiger partial charge is 0.122 e. The van der Waals surface area contributed by atoms with Gasteiger partial charge in [-0.1, -0.05) is 0 Å². The van der Waals surface area contributed by atoms with Crippen LogP contribution in [0.25, 0.3) is 0 Å². The molecule has 163 valence electrons. The van der Waals surface area contributed by atoms with E-state index in [2.05, 4.69) is 0 Å². The van der Waals surface area contributed by atoms with Crippen LogP contribution in [0.2, 0.25) is 0 Å². The zero-order chi connectivity index (χ0) is 21.2. The Kier molecular flexibility index (Phi) is 17.1. The van der Waals surface area contributed by atoms with Crippen LogP contribution in [0.5, 0.6) is 0 Å². The van der Waals surface area contributed by atoms with Crippen LogP contribution < -0.4 is 10.2 Å².